The lowest BCUT2D eigenvalue weighted by Gasteiger charge is -2.10. The highest BCUT2D eigenvalue weighted by atomic mass is 35.5. The first-order chi connectivity index (χ1) is 11.2. The summed E-state index contributed by atoms with van der Waals surface area (Å²) in [4.78, 5) is 15.5. The zero-order valence-electron chi connectivity index (χ0n) is 12.0. The Morgan fingerprint density at radius 1 is 1.25 bits per heavy atom. The molecule has 0 saturated heterocycles. The van der Waals surface area contributed by atoms with Gasteiger partial charge in [0.1, 0.15) is 5.82 Å². The van der Waals surface area contributed by atoms with Crippen molar-refractivity contribution >= 4 is 23.2 Å². The van der Waals surface area contributed by atoms with Crippen molar-refractivity contribution in [3.05, 3.63) is 52.9 Å². The second kappa shape index (κ2) is 7.48. The van der Waals surface area contributed by atoms with Gasteiger partial charge in [-0.05, 0) is 18.2 Å². The number of alkyl halides is 3. The summed E-state index contributed by atoms with van der Waals surface area (Å²) in [5.74, 6) is -1.39. The Hall–Kier alpha value is -2.35. The second-order valence-electron chi connectivity index (χ2n) is 4.71. The van der Waals surface area contributed by atoms with E-state index in [1.807, 2.05) is 0 Å². The van der Waals surface area contributed by atoms with E-state index >= 15 is 0 Å². The highest BCUT2D eigenvalue weighted by Gasteiger charge is 2.28. The molecule has 1 N–H and O–H groups in total. The monoisotopic (exact) mass is 362 g/mol. The van der Waals surface area contributed by atoms with E-state index in [9.17, 15) is 22.4 Å². The van der Waals surface area contributed by atoms with Crippen LogP contribution in [-0.2, 0) is 11.2 Å². The lowest BCUT2D eigenvalue weighted by atomic mass is 10.1. The van der Waals surface area contributed by atoms with Gasteiger partial charge in [-0.25, -0.2) is 9.37 Å². The standard InChI is InChI=1S/C15H11ClF4N2O2/c16-11-2-1-3-12(17)10(11)6-13(23)22-9-4-5-14(21-7-9)24-8-15(18,19)20/h1-5,7H,6,8H2,(H,22,23). The highest BCUT2D eigenvalue weighted by molar-refractivity contribution is 6.31. The van der Waals surface area contributed by atoms with Gasteiger partial charge in [-0.15, -0.1) is 0 Å². The Bertz CT molecular complexity index is 700. The average Bonchev–Trinajstić information content (AvgIpc) is 2.50. The molecule has 0 atom stereocenters. The van der Waals surface area contributed by atoms with Gasteiger partial charge in [0, 0.05) is 16.7 Å². The van der Waals surface area contributed by atoms with Crippen LogP contribution in [0.25, 0.3) is 0 Å². The molecule has 0 bridgehead atoms. The molecule has 0 aliphatic carbocycles. The molecule has 24 heavy (non-hydrogen) atoms. The van der Waals surface area contributed by atoms with Crippen LogP contribution >= 0.6 is 11.6 Å². The van der Waals surface area contributed by atoms with E-state index in [-0.39, 0.29) is 28.6 Å². The molecule has 9 heteroatoms. The van der Waals surface area contributed by atoms with E-state index in [1.165, 1.54) is 30.3 Å². The van der Waals surface area contributed by atoms with E-state index in [0.29, 0.717) is 0 Å². The fraction of sp³-hybridized carbons (Fsp3) is 0.200. The summed E-state index contributed by atoms with van der Waals surface area (Å²) < 4.78 is 54.1. The molecular formula is C15H11ClF4N2O2. The number of nitrogens with zero attached hydrogens (tertiary/aromatic N) is 1. The Morgan fingerprint density at radius 3 is 2.58 bits per heavy atom. The number of ether oxygens (including phenoxy) is 1. The predicted octanol–water partition coefficient (Wildman–Crippen LogP) is 4.00. The number of hydrogen-bond acceptors (Lipinski definition) is 3. The lowest BCUT2D eigenvalue weighted by Crippen LogP contribution is -2.19. The quantitative estimate of drug-likeness (QED) is 0.818. The maximum atomic E-state index is 13.6. The molecule has 1 aromatic heterocycles. The number of pyridine rings is 1. The van der Waals surface area contributed by atoms with Gasteiger partial charge in [-0.2, -0.15) is 13.2 Å². The summed E-state index contributed by atoms with van der Waals surface area (Å²) in [5, 5.41) is 2.56. The number of carbonyl (C=O) groups excluding carboxylic acids is 1. The number of anilines is 1. The summed E-state index contributed by atoms with van der Waals surface area (Å²) in [5.41, 5.74) is 0.279. The number of hydrogen-bond donors (Lipinski definition) is 1. The van der Waals surface area contributed by atoms with Crippen molar-refractivity contribution in [1.29, 1.82) is 0 Å². The Morgan fingerprint density at radius 2 is 2.00 bits per heavy atom. The maximum Gasteiger partial charge on any atom is 0.422 e. The van der Waals surface area contributed by atoms with Crippen molar-refractivity contribution < 1.29 is 27.1 Å². The number of amides is 1. The third-order valence-electron chi connectivity index (χ3n) is 2.80. The SMILES string of the molecule is O=C(Cc1c(F)cccc1Cl)Nc1ccc(OCC(F)(F)F)nc1. The van der Waals surface area contributed by atoms with E-state index in [1.54, 1.807) is 0 Å². The van der Waals surface area contributed by atoms with Crippen LogP contribution in [0.3, 0.4) is 0 Å². The minimum atomic E-state index is -4.46. The molecule has 0 radical (unpaired) electrons. The fourth-order valence-corrected chi connectivity index (χ4v) is 1.99. The summed E-state index contributed by atoms with van der Waals surface area (Å²) >= 11 is 5.83. The molecule has 0 spiro atoms. The molecule has 4 nitrogen and oxygen atoms in total. The zero-order chi connectivity index (χ0) is 17.7. The van der Waals surface area contributed by atoms with Crippen molar-refractivity contribution in [2.24, 2.45) is 0 Å². The van der Waals surface area contributed by atoms with Crippen LogP contribution in [0.5, 0.6) is 5.88 Å². The zero-order valence-corrected chi connectivity index (χ0v) is 12.8. The van der Waals surface area contributed by atoms with Gasteiger partial charge < -0.3 is 10.1 Å². The minimum Gasteiger partial charge on any atom is -0.468 e. The van der Waals surface area contributed by atoms with Crippen molar-refractivity contribution in [3.8, 4) is 5.88 Å². The van der Waals surface area contributed by atoms with Gasteiger partial charge in [-0.1, -0.05) is 17.7 Å². The van der Waals surface area contributed by atoms with Crippen molar-refractivity contribution in [2.75, 3.05) is 11.9 Å². The van der Waals surface area contributed by atoms with Gasteiger partial charge in [0.2, 0.25) is 11.8 Å². The molecule has 2 rings (SSSR count). The van der Waals surface area contributed by atoms with E-state index in [0.717, 1.165) is 6.20 Å². The molecular weight excluding hydrogens is 352 g/mol. The third-order valence-corrected chi connectivity index (χ3v) is 3.16. The summed E-state index contributed by atoms with van der Waals surface area (Å²) in [6.45, 7) is -1.46. The largest absolute Gasteiger partial charge is 0.468 e. The number of benzene rings is 1. The first-order valence-electron chi connectivity index (χ1n) is 6.63. The Balaban J connectivity index is 1.95. The molecule has 1 heterocycles. The van der Waals surface area contributed by atoms with Crippen molar-refractivity contribution in [2.45, 2.75) is 12.6 Å². The number of carbonyl (C=O) groups is 1. The molecule has 2 aromatic rings. The highest BCUT2D eigenvalue weighted by Crippen LogP contribution is 2.21. The molecule has 128 valence electrons. The smallest absolute Gasteiger partial charge is 0.422 e. The number of halogens is 5. The predicted molar refractivity (Wildman–Crippen MR) is 79.5 cm³/mol. The average molecular weight is 363 g/mol. The van der Waals surface area contributed by atoms with Crippen LogP contribution in [-0.4, -0.2) is 23.7 Å². The van der Waals surface area contributed by atoms with Crippen LogP contribution in [0.1, 0.15) is 5.56 Å². The molecule has 0 saturated carbocycles. The van der Waals surface area contributed by atoms with Crippen LogP contribution in [0.15, 0.2) is 36.5 Å². The topological polar surface area (TPSA) is 51.2 Å². The van der Waals surface area contributed by atoms with Crippen LogP contribution in [0.2, 0.25) is 5.02 Å². The van der Waals surface area contributed by atoms with Gasteiger partial charge in [0.15, 0.2) is 6.61 Å². The molecule has 0 aliphatic rings. The normalized spacial score (nSPS) is 11.2. The van der Waals surface area contributed by atoms with Gasteiger partial charge in [0.25, 0.3) is 0 Å². The Labute approximate surface area is 139 Å². The maximum absolute atomic E-state index is 13.6. The molecule has 0 fully saturated rings. The fourth-order valence-electron chi connectivity index (χ4n) is 1.76. The summed E-state index contributed by atoms with van der Waals surface area (Å²) in [7, 11) is 0. The lowest BCUT2D eigenvalue weighted by molar-refractivity contribution is -0.154. The van der Waals surface area contributed by atoms with Gasteiger partial charge >= 0.3 is 6.18 Å². The first-order valence-corrected chi connectivity index (χ1v) is 7.01. The summed E-state index contributed by atoms with van der Waals surface area (Å²) in [6, 6.07) is 6.56. The van der Waals surface area contributed by atoms with Crippen LogP contribution < -0.4 is 10.1 Å². The van der Waals surface area contributed by atoms with Gasteiger partial charge in [-0.3, -0.25) is 4.79 Å². The Kier molecular flexibility index (Phi) is 5.61. The van der Waals surface area contributed by atoms with Crippen LogP contribution in [0, 0.1) is 5.82 Å². The number of rotatable bonds is 5. The summed E-state index contributed by atoms with van der Waals surface area (Å²) in [6.07, 6.45) is -3.63. The van der Waals surface area contributed by atoms with E-state index in [4.69, 9.17) is 11.6 Å². The second-order valence-corrected chi connectivity index (χ2v) is 5.12. The molecule has 0 aliphatic heterocycles. The van der Waals surface area contributed by atoms with E-state index in [2.05, 4.69) is 15.0 Å². The van der Waals surface area contributed by atoms with Crippen molar-refractivity contribution in [3.63, 3.8) is 0 Å². The molecule has 1 amide bonds. The molecule has 1 aromatic carbocycles. The molecule has 0 unspecified atom stereocenters. The number of nitrogens with one attached hydrogen (secondary N) is 1. The van der Waals surface area contributed by atoms with Crippen LogP contribution in [0.4, 0.5) is 23.2 Å². The third kappa shape index (κ3) is 5.38. The van der Waals surface area contributed by atoms with E-state index < -0.39 is 24.5 Å². The first kappa shape index (κ1) is 18.0. The number of aromatic nitrogens is 1. The minimum absolute atomic E-state index is 0.0507. The van der Waals surface area contributed by atoms with Crippen molar-refractivity contribution in [1.82, 2.24) is 4.98 Å². The van der Waals surface area contributed by atoms with Gasteiger partial charge in [0.05, 0.1) is 18.3 Å².